The zero-order valence-electron chi connectivity index (χ0n) is 12.6. The largest absolute Gasteiger partial charge is 0.469 e. The van der Waals surface area contributed by atoms with Gasteiger partial charge >= 0.3 is 5.97 Å². The molecule has 23 heavy (non-hydrogen) atoms. The molecular formula is C14H17N3O6. The van der Waals surface area contributed by atoms with E-state index in [0.29, 0.717) is 6.61 Å². The molecule has 0 saturated carbocycles. The predicted octanol–water partition coefficient (Wildman–Crippen LogP) is 0.581. The van der Waals surface area contributed by atoms with Gasteiger partial charge in [0.15, 0.2) is 0 Å². The van der Waals surface area contributed by atoms with Gasteiger partial charge in [-0.15, -0.1) is 0 Å². The molecule has 9 heteroatoms. The van der Waals surface area contributed by atoms with Crippen LogP contribution in [0.3, 0.4) is 0 Å². The number of amides is 1. The fourth-order valence-corrected chi connectivity index (χ4v) is 2.36. The first-order valence-corrected chi connectivity index (χ1v) is 6.93. The maximum Gasteiger partial charge on any atom is 0.307 e. The third-order valence-electron chi connectivity index (χ3n) is 3.60. The number of anilines is 1. The summed E-state index contributed by atoms with van der Waals surface area (Å²) in [5, 5.41) is 10.9. The number of esters is 1. The van der Waals surface area contributed by atoms with Crippen molar-refractivity contribution in [2.24, 2.45) is 0 Å². The van der Waals surface area contributed by atoms with Crippen LogP contribution in [0.2, 0.25) is 0 Å². The van der Waals surface area contributed by atoms with Gasteiger partial charge < -0.3 is 20.1 Å². The molecule has 1 aliphatic heterocycles. The third-order valence-corrected chi connectivity index (χ3v) is 3.60. The van der Waals surface area contributed by atoms with E-state index >= 15 is 0 Å². The maximum atomic E-state index is 12.7. The third kappa shape index (κ3) is 3.75. The Hall–Kier alpha value is -2.68. The second-order valence-corrected chi connectivity index (χ2v) is 5.04. The number of non-ortho nitro benzene ring substituents is 1. The van der Waals surface area contributed by atoms with Crippen molar-refractivity contribution in [1.29, 1.82) is 0 Å². The summed E-state index contributed by atoms with van der Waals surface area (Å²) in [6.45, 7) is 0.774. The van der Waals surface area contributed by atoms with Crippen LogP contribution in [0.4, 0.5) is 11.4 Å². The molecule has 1 atom stereocenters. The highest BCUT2D eigenvalue weighted by Gasteiger charge is 2.31. The SMILES string of the molecule is COC(=O)C[C@H]1COCCN1C(=O)c1cc([N+](=O)[O-])ccc1N. The minimum absolute atomic E-state index is 0.0168. The number of nitro benzene ring substituents is 1. The lowest BCUT2D eigenvalue weighted by Crippen LogP contribution is -2.49. The predicted molar refractivity (Wildman–Crippen MR) is 79.8 cm³/mol. The van der Waals surface area contributed by atoms with Crippen LogP contribution in [0.25, 0.3) is 0 Å². The second kappa shape index (κ2) is 7.05. The lowest BCUT2D eigenvalue weighted by Gasteiger charge is -2.35. The van der Waals surface area contributed by atoms with Crippen molar-refractivity contribution >= 4 is 23.3 Å². The Kier molecular flexibility index (Phi) is 5.12. The van der Waals surface area contributed by atoms with Crippen molar-refractivity contribution in [3.63, 3.8) is 0 Å². The molecule has 0 radical (unpaired) electrons. The van der Waals surface area contributed by atoms with Crippen molar-refractivity contribution in [1.82, 2.24) is 4.90 Å². The summed E-state index contributed by atoms with van der Waals surface area (Å²) in [7, 11) is 1.26. The molecule has 1 aromatic carbocycles. The fourth-order valence-electron chi connectivity index (χ4n) is 2.36. The number of nitrogen functional groups attached to an aromatic ring is 1. The van der Waals surface area contributed by atoms with Crippen LogP contribution >= 0.6 is 0 Å². The number of nitrogens with two attached hydrogens (primary N) is 1. The molecule has 0 aromatic heterocycles. The monoisotopic (exact) mass is 323 g/mol. The van der Waals surface area contributed by atoms with Crippen LogP contribution in [0.5, 0.6) is 0 Å². The summed E-state index contributed by atoms with van der Waals surface area (Å²) in [6, 6.07) is 3.20. The average Bonchev–Trinajstić information content (AvgIpc) is 2.54. The van der Waals surface area contributed by atoms with Gasteiger partial charge in [0.1, 0.15) is 0 Å². The van der Waals surface area contributed by atoms with Crippen LogP contribution in [0, 0.1) is 10.1 Å². The van der Waals surface area contributed by atoms with E-state index in [0.717, 1.165) is 6.07 Å². The summed E-state index contributed by atoms with van der Waals surface area (Å²) in [6.07, 6.45) is -0.0168. The number of carbonyl (C=O) groups excluding carboxylic acids is 2. The van der Waals surface area contributed by atoms with Crippen molar-refractivity contribution in [3.8, 4) is 0 Å². The Bertz CT molecular complexity index is 633. The van der Waals surface area contributed by atoms with Crippen LogP contribution < -0.4 is 5.73 Å². The van der Waals surface area contributed by atoms with E-state index in [1.165, 1.54) is 24.1 Å². The Balaban J connectivity index is 2.28. The number of ether oxygens (including phenoxy) is 2. The van der Waals surface area contributed by atoms with Crippen LogP contribution in [-0.2, 0) is 14.3 Å². The van der Waals surface area contributed by atoms with Gasteiger partial charge in [-0.3, -0.25) is 19.7 Å². The fraction of sp³-hybridized carbons (Fsp3) is 0.429. The molecule has 2 N–H and O–H groups in total. The van der Waals surface area contributed by atoms with Gasteiger partial charge in [0.2, 0.25) is 0 Å². The molecule has 1 fully saturated rings. The molecule has 0 bridgehead atoms. The molecule has 124 valence electrons. The van der Waals surface area contributed by atoms with E-state index in [1.54, 1.807) is 0 Å². The molecule has 1 saturated heterocycles. The Labute approximate surface area is 132 Å². The first kappa shape index (κ1) is 16.7. The first-order chi connectivity index (χ1) is 10.9. The number of nitrogens with zero attached hydrogens (tertiary/aromatic N) is 2. The highest BCUT2D eigenvalue weighted by Crippen LogP contribution is 2.23. The molecule has 1 aliphatic rings. The molecule has 0 spiro atoms. The second-order valence-electron chi connectivity index (χ2n) is 5.04. The van der Waals surface area contributed by atoms with Crippen molar-refractivity contribution in [3.05, 3.63) is 33.9 Å². The minimum Gasteiger partial charge on any atom is -0.469 e. The van der Waals surface area contributed by atoms with Crippen LogP contribution in [0.15, 0.2) is 18.2 Å². The summed E-state index contributed by atoms with van der Waals surface area (Å²) >= 11 is 0. The molecule has 2 rings (SSSR count). The minimum atomic E-state index is -0.596. The topological polar surface area (TPSA) is 125 Å². The van der Waals surface area contributed by atoms with Gasteiger partial charge in [0, 0.05) is 24.4 Å². The van der Waals surface area contributed by atoms with Gasteiger partial charge in [-0.2, -0.15) is 0 Å². The Morgan fingerprint density at radius 3 is 2.91 bits per heavy atom. The average molecular weight is 323 g/mol. The number of nitro groups is 1. The van der Waals surface area contributed by atoms with E-state index in [1.807, 2.05) is 0 Å². The zero-order chi connectivity index (χ0) is 17.0. The molecule has 1 aromatic rings. The van der Waals surface area contributed by atoms with Gasteiger partial charge in [-0.05, 0) is 6.07 Å². The number of carbonyl (C=O) groups is 2. The summed E-state index contributed by atoms with van der Waals surface area (Å²) < 4.78 is 9.91. The van der Waals surface area contributed by atoms with Crippen LogP contribution in [-0.4, -0.2) is 54.6 Å². The van der Waals surface area contributed by atoms with Gasteiger partial charge in [-0.1, -0.05) is 0 Å². The van der Waals surface area contributed by atoms with Gasteiger partial charge in [0.05, 0.1) is 43.3 Å². The smallest absolute Gasteiger partial charge is 0.307 e. The quantitative estimate of drug-likeness (QED) is 0.372. The van der Waals surface area contributed by atoms with Crippen molar-refractivity contribution in [2.75, 3.05) is 32.6 Å². The molecule has 0 unspecified atom stereocenters. The molecule has 1 heterocycles. The zero-order valence-corrected chi connectivity index (χ0v) is 12.6. The number of hydrogen-bond donors (Lipinski definition) is 1. The van der Waals surface area contributed by atoms with E-state index in [4.69, 9.17) is 10.5 Å². The number of rotatable bonds is 4. The highest BCUT2D eigenvalue weighted by molar-refractivity contribution is 6.00. The standard InChI is InChI=1S/C14H17N3O6/c1-22-13(18)7-10-8-23-5-4-16(10)14(19)11-6-9(17(20)21)2-3-12(11)15/h2-3,6,10H,4-5,7-8,15H2,1H3/t10-/m0/s1. The van der Waals surface area contributed by atoms with Crippen molar-refractivity contribution < 1.29 is 24.0 Å². The van der Waals surface area contributed by atoms with Gasteiger partial charge in [0.25, 0.3) is 11.6 Å². The molecule has 9 nitrogen and oxygen atoms in total. The summed E-state index contributed by atoms with van der Waals surface area (Å²) in [5.74, 6) is -0.936. The normalized spacial score (nSPS) is 17.6. The molecule has 1 amide bonds. The maximum absolute atomic E-state index is 12.7. The molecule has 0 aliphatic carbocycles. The number of methoxy groups -OCH3 is 1. The van der Waals surface area contributed by atoms with Crippen molar-refractivity contribution in [2.45, 2.75) is 12.5 Å². The van der Waals surface area contributed by atoms with E-state index in [-0.39, 0.29) is 36.5 Å². The van der Waals surface area contributed by atoms with E-state index in [2.05, 4.69) is 4.74 Å². The highest BCUT2D eigenvalue weighted by atomic mass is 16.6. The summed E-state index contributed by atoms with van der Waals surface area (Å²) in [4.78, 5) is 35.9. The lowest BCUT2D eigenvalue weighted by molar-refractivity contribution is -0.384. The first-order valence-electron chi connectivity index (χ1n) is 6.93. The Morgan fingerprint density at radius 2 is 2.26 bits per heavy atom. The summed E-state index contributed by atoms with van der Waals surface area (Å²) in [5.41, 5.74) is 5.74. The van der Waals surface area contributed by atoms with Crippen LogP contribution in [0.1, 0.15) is 16.8 Å². The van der Waals surface area contributed by atoms with E-state index in [9.17, 15) is 19.7 Å². The number of benzene rings is 1. The number of morpholine rings is 1. The number of hydrogen-bond acceptors (Lipinski definition) is 7. The lowest BCUT2D eigenvalue weighted by atomic mass is 10.1. The van der Waals surface area contributed by atoms with Gasteiger partial charge in [-0.25, -0.2) is 0 Å². The molecular weight excluding hydrogens is 306 g/mol. The Morgan fingerprint density at radius 1 is 1.52 bits per heavy atom. The van der Waals surface area contributed by atoms with E-state index < -0.39 is 22.8 Å².